The monoisotopic (exact) mass is 261 g/mol. The average Bonchev–Trinajstić information content (AvgIpc) is 2.39. The molecule has 0 saturated carbocycles. The molecular formula is C15H23N3O. The number of piperazine rings is 1. The Morgan fingerprint density at radius 2 is 2.16 bits per heavy atom. The van der Waals surface area contributed by atoms with Gasteiger partial charge in [-0.25, -0.2) is 0 Å². The van der Waals surface area contributed by atoms with Gasteiger partial charge in [0.1, 0.15) is 0 Å². The summed E-state index contributed by atoms with van der Waals surface area (Å²) in [6.07, 6.45) is 0. The lowest BCUT2D eigenvalue weighted by molar-refractivity contribution is -0.133. The smallest absolute Gasteiger partial charge is 0.241 e. The average molecular weight is 261 g/mol. The van der Waals surface area contributed by atoms with Gasteiger partial charge in [0.05, 0.1) is 6.04 Å². The molecule has 2 atom stereocenters. The third kappa shape index (κ3) is 3.78. The van der Waals surface area contributed by atoms with Crippen LogP contribution in [0.5, 0.6) is 0 Å². The van der Waals surface area contributed by atoms with Gasteiger partial charge in [0.2, 0.25) is 5.91 Å². The molecule has 19 heavy (non-hydrogen) atoms. The van der Waals surface area contributed by atoms with E-state index in [-0.39, 0.29) is 11.9 Å². The van der Waals surface area contributed by atoms with E-state index in [1.807, 2.05) is 13.1 Å². The normalized spacial score (nSPS) is 23.1. The second kappa shape index (κ2) is 6.17. The molecule has 0 bridgehead atoms. The number of amides is 1. The third-order valence-electron chi connectivity index (χ3n) is 3.52. The standard InChI is InChI=1S/C15H23N3O/c1-11-5-4-6-13(7-11)10-18(3)15(19)14-9-16-12(2)8-17-14/h4-7,12,14,16-17H,8-10H2,1-3H3. The molecule has 4 nitrogen and oxygen atoms in total. The van der Waals surface area contributed by atoms with Crippen LogP contribution in [0.3, 0.4) is 0 Å². The Kier molecular flexibility index (Phi) is 4.56. The van der Waals surface area contributed by atoms with Crippen LogP contribution in [0.25, 0.3) is 0 Å². The van der Waals surface area contributed by atoms with Crippen molar-refractivity contribution in [2.75, 3.05) is 20.1 Å². The van der Waals surface area contributed by atoms with Gasteiger partial charge in [0, 0.05) is 32.7 Å². The molecule has 4 heteroatoms. The summed E-state index contributed by atoms with van der Waals surface area (Å²) in [5.74, 6) is 0.154. The molecule has 0 radical (unpaired) electrons. The summed E-state index contributed by atoms with van der Waals surface area (Å²) in [6.45, 7) is 6.39. The summed E-state index contributed by atoms with van der Waals surface area (Å²) >= 11 is 0. The van der Waals surface area contributed by atoms with E-state index >= 15 is 0 Å². The number of aryl methyl sites for hydroxylation is 1. The molecule has 1 fully saturated rings. The van der Waals surface area contributed by atoms with Crippen LogP contribution in [0.15, 0.2) is 24.3 Å². The van der Waals surface area contributed by atoms with E-state index < -0.39 is 0 Å². The highest BCUT2D eigenvalue weighted by atomic mass is 16.2. The van der Waals surface area contributed by atoms with Crippen LogP contribution in [0.4, 0.5) is 0 Å². The maximum atomic E-state index is 12.3. The number of hydrogen-bond donors (Lipinski definition) is 2. The molecule has 1 aromatic rings. The van der Waals surface area contributed by atoms with Gasteiger partial charge in [-0.2, -0.15) is 0 Å². The highest BCUT2D eigenvalue weighted by Gasteiger charge is 2.25. The highest BCUT2D eigenvalue weighted by molar-refractivity contribution is 5.82. The van der Waals surface area contributed by atoms with E-state index in [9.17, 15) is 4.79 Å². The first-order valence-corrected chi connectivity index (χ1v) is 6.83. The Bertz CT molecular complexity index is 439. The molecule has 1 aliphatic rings. The van der Waals surface area contributed by atoms with E-state index in [2.05, 4.69) is 42.7 Å². The van der Waals surface area contributed by atoms with Crippen LogP contribution in [-0.2, 0) is 11.3 Å². The number of carbonyl (C=O) groups excluding carboxylic acids is 1. The minimum absolute atomic E-state index is 0.106. The van der Waals surface area contributed by atoms with Gasteiger partial charge in [-0.15, -0.1) is 0 Å². The number of hydrogen-bond acceptors (Lipinski definition) is 3. The Morgan fingerprint density at radius 1 is 1.37 bits per heavy atom. The first-order chi connectivity index (χ1) is 9.06. The summed E-state index contributed by atoms with van der Waals surface area (Å²) < 4.78 is 0. The maximum absolute atomic E-state index is 12.3. The van der Waals surface area contributed by atoms with Gasteiger partial charge < -0.3 is 15.5 Å². The van der Waals surface area contributed by atoms with Gasteiger partial charge in [0.15, 0.2) is 0 Å². The summed E-state index contributed by atoms with van der Waals surface area (Å²) in [7, 11) is 1.87. The fourth-order valence-corrected chi connectivity index (χ4v) is 2.39. The molecule has 104 valence electrons. The van der Waals surface area contributed by atoms with E-state index in [1.165, 1.54) is 11.1 Å². The lowest BCUT2D eigenvalue weighted by Crippen LogP contribution is -2.58. The number of carbonyl (C=O) groups is 1. The Morgan fingerprint density at radius 3 is 2.79 bits per heavy atom. The summed E-state index contributed by atoms with van der Waals surface area (Å²) in [5, 5.41) is 6.62. The molecule has 0 spiro atoms. The molecule has 1 aliphatic heterocycles. The predicted molar refractivity (Wildman–Crippen MR) is 76.9 cm³/mol. The quantitative estimate of drug-likeness (QED) is 0.850. The van der Waals surface area contributed by atoms with Crippen molar-refractivity contribution in [1.82, 2.24) is 15.5 Å². The van der Waals surface area contributed by atoms with E-state index in [0.29, 0.717) is 19.1 Å². The van der Waals surface area contributed by atoms with Gasteiger partial charge in [-0.3, -0.25) is 4.79 Å². The van der Waals surface area contributed by atoms with Crippen molar-refractivity contribution < 1.29 is 4.79 Å². The fraction of sp³-hybridized carbons (Fsp3) is 0.533. The summed E-state index contributed by atoms with van der Waals surface area (Å²) in [4.78, 5) is 14.1. The predicted octanol–water partition coefficient (Wildman–Crippen LogP) is 0.903. The molecular weight excluding hydrogens is 238 g/mol. The van der Waals surface area contributed by atoms with E-state index in [1.54, 1.807) is 4.90 Å². The number of nitrogens with zero attached hydrogens (tertiary/aromatic N) is 1. The van der Waals surface area contributed by atoms with Gasteiger partial charge in [-0.1, -0.05) is 29.8 Å². The van der Waals surface area contributed by atoms with Crippen LogP contribution in [0.1, 0.15) is 18.1 Å². The minimum Gasteiger partial charge on any atom is -0.340 e. The van der Waals surface area contributed by atoms with Gasteiger partial charge in [-0.05, 0) is 19.4 Å². The number of likely N-dealkylation sites (N-methyl/N-ethyl adjacent to an activating group) is 1. The van der Waals surface area contributed by atoms with Crippen molar-refractivity contribution >= 4 is 5.91 Å². The third-order valence-corrected chi connectivity index (χ3v) is 3.52. The Hall–Kier alpha value is -1.39. The number of benzene rings is 1. The van der Waals surface area contributed by atoms with Gasteiger partial charge in [0.25, 0.3) is 0 Å². The molecule has 0 aromatic heterocycles. The highest BCUT2D eigenvalue weighted by Crippen LogP contribution is 2.08. The van der Waals surface area contributed by atoms with Crippen LogP contribution in [0.2, 0.25) is 0 Å². The largest absolute Gasteiger partial charge is 0.340 e. The van der Waals surface area contributed by atoms with Crippen molar-refractivity contribution in [2.24, 2.45) is 0 Å². The lowest BCUT2D eigenvalue weighted by Gasteiger charge is -2.31. The summed E-state index contributed by atoms with van der Waals surface area (Å²) in [6, 6.07) is 8.62. The molecule has 0 aliphatic carbocycles. The molecule has 2 rings (SSSR count). The minimum atomic E-state index is -0.106. The zero-order valence-corrected chi connectivity index (χ0v) is 11.9. The molecule has 1 amide bonds. The second-order valence-electron chi connectivity index (χ2n) is 5.45. The van der Waals surface area contributed by atoms with E-state index in [4.69, 9.17) is 0 Å². The van der Waals surface area contributed by atoms with Crippen molar-refractivity contribution in [2.45, 2.75) is 32.5 Å². The Balaban J connectivity index is 1.92. The van der Waals surface area contributed by atoms with Crippen LogP contribution < -0.4 is 10.6 Å². The molecule has 2 N–H and O–H groups in total. The molecule has 1 heterocycles. The molecule has 1 aromatic carbocycles. The fourth-order valence-electron chi connectivity index (χ4n) is 2.39. The summed E-state index contributed by atoms with van der Waals surface area (Å²) in [5.41, 5.74) is 2.40. The van der Waals surface area contributed by atoms with Crippen molar-refractivity contribution in [1.29, 1.82) is 0 Å². The van der Waals surface area contributed by atoms with Crippen LogP contribution in [0, 0.1) is 6.92 Å². The van der Waals surface area contributed by atoms with Crippen molar-refractivity contribution in [3.05, 3.63) is 35.4 Å². The number of rotatable bonds is 3. The van der Waals surface area contributed by atoms with E-state index in [0.717, 1.165) is 6.54 Å². The molecule has 2 unspecified atom stereocenters. The van der Waals surface area contributed by atoms with Crippen molar-refractivity contribution in [3.8, 4) is 0 Å². The zero-order chi connectivity index (χ0) is 13.8. The first-order valence-electron chi connectivity index (χ1n) is 6.83. The Labute approximate surface area is 115 Å². The number of nitrogens with one attached hydrogen (secondary N) is 2. The zero-order valence-electron chi connectivity index (χ0n) is 11.9. The van der Waals surface area contributed by atoms with Gasteiger partial charge >= 0.3 is 0 Å². The van der Waals surface area contributed by atoms with Crippen LogP contribution >= 0.6 is 0 Å². The topological polar surface area (TPSA) is 44.4 Å². The van der Waals surface area contributed by atoms with Crippen LogP contribution in [-0.4, -0.2) is 43.0 Å². The second-order valence-corrected chi connectivity index (χ2v) is 5.45. The molecule has 1 saturated heterocycles. The maximum Gasteiger partial charge on any atom is 0.241 e. The lowest BCUT2D eigenvalue weighted by atomic mass is 10.1. The van der Waals surface area contributed by atoms with Crippen molar-refractivity contribution in [3.63, 3.8) is 0 Å². The first kappa shape index (κ1) is 14.0. The SMILES string of the molecule is Cc1cccc(CN(C)C(=O)C2CNC(C)CN2)c1.